The minimum Gasteiger partial charge on any atom is -0.495 e. The fourth-order valence-corrected chi connectivity index (χ4v) is 3.83. The Morgan fingerprint density at radius 2 is 1.72 bits per heavy atom. The minimum atomic E-state index is -1.07. The van der Waals surface area contributed by atoms with Gasteiger partial charge in [-0.05, 0) is 36.4 Å². The molecule has 4 rings (SSSR count). The van der Waals surface area contributed by atoms with Gasteiger partial charge in [0.15, 0.2) is 0 Å². The average Bonchev–Trinajstić information content (AvgIpc) is 2.80. The van der Waals surface area contributed by atoms with Crippen LogP contribution < -0.4 is 20.3 Å². The van der Waals surface area contributed by atoms with Crippen LogP contribution in [-0.4, -0.2) is 30.9 Å². The van der Waals surface area contributed by atoms with E-state index in [-0.39, 0.29) is 17.0 Å². The molecule has 2 N–H and O–H groups in total. The van der Waals surface area contributed by atoms with Crippen LogP contribution in [0.1, 0.15) is 16.8 Å². The maximum atomic E-state index is 13.5. The van der Waals surface area contributed by atoms with Crippen molar-refractivity contribution in [2.75, 3.05) is 22.6 Å². The molecule has 3 aromatic rings. The van der Waals surface area contributed by atoms with E-state index in [2.05, 4.69) is 10.6 Å². The monoisotopic (exact) mass is 449 g/mol. The molecule has 1 heterocycles. The van der Waals surface area contributed by atoms with Crippen LogP contribution in [0.25, 0.3) is 0 Å². The standard InChI is InChI=1S/C24H20ClN3O4/c1-32-21-13-7-5-11-18(21)26-22(29)14-20-23(30)27-17-10-4-6-12-19(17)28(20)24(31)15-8-2-3-9-16(15)25/h2-13,20H,14H2,1H3,(H,26,29)(H,27,30)/t20-/m0/s1. The number of carbonyl (C=O) groups is 3. The third-order valence-corrected chi connectivity index (χ3v) is 5.45. The number of para-hydroxylation sites is 4. The number of fused-ring (bicyclic) bond motifs is 1. The zero-order chi connectivity index (χ0) is 22.7. The maximum Gasteiger partial charge on any atom is 0.260 e. The van der Waals surface area contributed by atoms with Crippen molar-refractivity contribution < 1.29 is 19.1 Å². The minimum absolute atomic E-state index is 0.244. The van der Waals surface area contributed by atoms with E-state index in [1.54, 1.807) is 72.8 Å². The molecule has 0 aromatic heterocycles. The molecule has 3 aromatic carbocycles. The molecule has 0 saturated heterocycles. The number of anilines is 3. The molecule has 162 valence electrons. The van der Waals surface area contributed by atoms with E-state index in [4.69, 9.17) is 16.3 Å². The van der Waals surface area contributed by atoms with Crippen LogP contribution in [0.2, 0.25) is 5.02 Å². The summed E-state index contributed by atoms with van der Waals surface area (Å²) >= 11 is 6.25. The zero-order valence-corrected chi connectivity index (χ0v) is 17.9. The summed E-state index contributed by atoms with van der Waals surface area (Å²) in [6.07, 6.45) is -0.256. The number of nitrogens with one attached hydrogen (secondary N) is 2. The van der Waals surface area contributed by atoms with Crippen LogP contribution in [-0.2, 0) is 9.59 Å². The molecule has 1 aliphatic rings. The third kappa shape index (κ3) is 4.15. The van der Waals surface area contributed by atoms with Crippen LogP contribution >= 0.6 is 11.6 Å². The Labute approximate surface area is 189 Å². The van der Waals surface area contributed by atoms with Gasteiger partial charge in [-0.3, -0.25) is 19.3 Å². The highest BCUT2D eigenvalue weighted by atomic mass is 35.5. The lowest BCUT2D eigenvalue weighted by molar-refractivity contribution is -0.122. The average molecular weight is 450 g/mol. The van der Waals surface area contributed by atoms with Gasteiger partial charge in [0.2, 0.25) is 11.8 Å². The Bertz CT molecular complexity index is 1200. The van der Waals surface area contributed by atoms with Gasteiger partial charge in [0.1, 0.15) is 11.8 Å². The van der Waals surface area contributed by atoms with Crippen molar-refractivity contribution in [2.45, 2.75) is 12.5 Å². The summed E-state index contributed by atoms with van der Waals surface area (Å²) < 4.78 is 5.26. The van der Waals surface area contributed by atoms with Crippen molar-refractivity contribution in [3.8, 4) is 5.75 Å². The molecule has 1 atom stereocenters. The first-order valence-corrected chi connectivity index (χ1v) is 10.3. The lowest BCUT2D eigenvalue weighted by Gasteiger charge is -2.36. The summed E-state index contributed by atoms with van der Waals surface area (Å²) in [6, 6.07) is 19.4. The van der Waals surface area contributed by atoms with Crippen molar-refractivity contribution in [3.63, 3.8) is 0 Å². The molecule has 0 aliphatic carbocycles. The fourth-order valence-electron chi connectivity index (χ4n) is 3.61. The zero-order valence-electron chi connectivity index (χ0n) is 17.2. The van der Waals surface area contributed by atoms with Crippen molar-refractivity contribution in [1.82, 2.24) is 0 Å². The lowest BCUT2D eigenvalue weighted by Crippen LogP contribution is -2.52. The summed E-state index contributed by atoms with van der Waals surface area (Å²) in [7, 11) is 1.50. The number of halogens is 1. The van der Waals surface area contributed by atoms with Gasteiger partial charge in [-0.2, -0.15) is 0 Å². The number of amides is 3. The van der Waals surface area contributed by atoms with Crippen molar-refractivity contribution in [1.29, 1.82) is 0 Å². The highest BCUT2D eigenvalue weighted by Crippen LogP contribution is 2.35. The number of rotatable bonds is 5. The Kier molecular flexibility index (Phi) is 6.09. The molecule has 0 radical (unpaired) electrons. The number of ether oxygens (including phenoxy) is 1. The number of benzene rings is 3. The van der Waals surface area contributed by atoms with Crippen LogP contribution in [0.3, 0.4) is 0 Å². The largest absolute Gasteiger partial charge is 0.495 e. The molecule has 0 unspecified atom stereocenters. The van der Waals surface area contributed by atoms with Crippen molar-refractivity contribution in [2.24, 2.45) is 0 Å². The molecular formula is C24H20ClN3O4. The van der Waals surface area contributed by atoms with Crippen LogP contribution in [0, 0.1) is 0 Å². The van der Waals surface area contributed by atoms with Gasteiger partial charge >= 0.3 is 0 Å². The Balaban J connectivity index is 1.67. The van der Waals surface area contributed by atoms with Crippen molar-refractivity contribution >= 4 is 46.4 Å². The van der Waals surface area contributed by atoms with E-state index < -0.39 is 23.8 Å². The van der Waals surface area contributed by atoms with Crippen LogP contribution in [0.15, 0.2) is 72.8 Å². The highest BCUT2D eigenvalue weighted by molar-refractivity contribution is 6.35. The van der Waals surface area contributed by atoms with Gasteiger partial charge in [0.05, 0.1) is 41.2 Å². The molecular weight excluding hydrogens is 430 g/mol. The molecule has 0 bridgehead atoms. The summed E-state index contributed by atoms with van der Waals surface area (Å²) in [5, 5.41) is 5.80. The second-order valence-electron chi connectivity index (χ2n) is 7.13. The molecule has 3 amide bonds. The van der Waals surface area contributed by atoms with E-state index in [1.165, 1.54) is 12.0 Å². The van der Waals surface area contributed by atoms with Gasteiger partial charge in [-0.15, -0.1) is 0 Å². The quantitative estimate of drug-likeness (QED) is 0.606. The summed E-state index contributed by atoms with van der Waals surface area (Å²) in [4.78, 5) is 40.6. The summed E-state index contributed by atoms with van der Waals surface area (Å²) in [5.41, 5.74) is 1.70. The van der Waals surface area contributed by atoms with E-state index in [1.807, 2.05) is 0 Å². The van der Waals surface area contributed by atoms with Gasteiger partial charge in [-0.1, -0.05) is 48.0 Å². The second kappa shape index (κ2) is 9.11. The Hall–Kier alpha value is -3.84. The van der Waals surface area contributed by atoms with Crippen molar-refractivity contribution in [3.05, 3.63) is 83.4 Å². The number of methoxy groups -OCH3 is 1. The predicted octanol–water partition coefficient (Wildman–Crippen LogP) is 4.34. The first kappa shape index (κ1) is 21.4. The maximum absolute atomic E-state index is 13.5. The predicted molar refractivity (Wildman–Crippen MR) is 123 cm³/mol. The number of hydrogen-bond acceptors (Lipinski definition) is 4. The molecule has 8 heteroatoms. The first-order chi connectivity index (χ1) is 15.5. The topological polar surface area (TPSA) is 87.7 Å². The number of hydrogen-bond donors (Lipinski definition) is 2. The molecule has 0 saturated carbocycles. The van der Waals surface area contributed by atoms with E-state index in [0.717, 1.165) is 0 Å². The molecule has 7 nitrogen and oxygen atoms in total. The SMILES string of the molecule is COc1ccccc1NC(=O)C[C@H]1C(=O)Nc2ccccc2N1C(=O)c1ccccc1Cl. The number of carbonyl (C=O) groups excluding carboxylic acids is 3. The lowest BCUT2D eigenvalue weighted by atomic mass is 10.0. The second-order valence-corrected chi connectivity index (χ2v) is 7.54. The molecule has 1 aliphatic heterocycles. The first-order valence-electron chi connectivity index (χ1n) is 9.90. The summed E-state index contributed by atoms with van der Waals surface area (Å²) in [5.74, 6) is -0.874. The van der Waals surface area contributed by atoms with E-state index >= 15 is 0 Å². The fraction of sp³-hybridized carbons (Fsp3) is 0.125. The van der Waals surface area contributed by atoms with Gasteiger partial charge in [0.25, 0.3) is 5.91 Å². The Morgan fingerprint density at radius 1 is 1.03 bits per heavy atom. The Morgan fingerprint density at radius 3 is 2.50 bits per heavy atom. The smallest absolute Gasteiger partial charge is 0.260 e. The van der Waals surface area contributed by atoms with Crippen LogP contribution in [0.4, 0.5) is 17.1 Å². The molecule has 0 fully saturated rings. The molecule has 0 spiro atoms. The van der Waals surface area contributed by atoms with E-state index in [9.17, 15) is 14.4 Å². The van der Waals surface area contributed by atoms with Gasteiger partial charge in [0, 0.05) is 0 Å². The van der Waals surface area contributed by atoms with Crippen LogP contribution in [0.5, 0.6) is 5.75 Å². The van der Waals surface area contributed by atoms with Gasteiger partial charge in [-0.25, -0.2) is 0 Å². The number of nitrogens with zero attached hydrogens (tertiary/aromatic N) is 1. The third-order valence-electron chi connectivity index (χ3n) is 5.12. The highest BCUT2D eigenvalue weighted by Gasteiger charge is 2.39. The van der Waals surface area contributed by atoms with E-state index in [0.29, 0.717) is 22.8 Å². The van der Waals surface area contributed by atoms with Gasteiger partial charge < -0.3 is 15.4 Å². The normalized spacial score (nSPS) is 14.9. The molecule has 32 heavy (non-hydrogen) atoms. The summed E-state index contributed by atoms with van der Waals surface area (Å²) in [6.45, 7) is 0.